The lowest BCUT2D eigenvalue weighted by Crippen LogP contribution is -2.01. The quantitative estimate of drug-likeness (QED) is 0.799. The van der Waals surface area contributed by atoms with Crippen molar-refractivity contribution in [1.82, 2.24) is 0 Å². The summed E-state index contributed by atoms with van der Waals surface area (Å²) in [7, 11) is 0. The minimum Gasteiger partial charge on any atom is -0.508 e. The normalized spacial score (nSPS) is 11.3. The molecule has 0 aliphatic heterocycles. The maximum Gasteiger partial charge on any atom is 0.122 e. The number of phenols is 2. The van der Waals surface area contributed by atoms with E-state index in [1.807, 2.05) is 0 Å². The van der Waals surface area contributed by atoms with Gasteiger partial charge in [0.25, 0.3) is 0 Å². The van der Waals surface area contributed by atoms with Crippen LogP contribution in [0.25, 0.3) is 0 Å². The van der Waals surface area contributed by atoms with Gasteiger partial charge in [-0.15, -0.1) is 0 Å². The monoisotopic (exact) mass is 208 g/mol. The van der Waals surface area contributed by atoms with Crippen LogP contribution in [0, 0.1) is 5.92 Å². The lowest BCUT2D eigenvalue weighted by Gasteiger charge is -2.16. The zero-order valence-corrected chi connectivity index (χ0v) is 9.91. The summed E-state index contributed by atoms with van der Waals surface area (Å²) in [4.78, 5) is 0. The third-order valence-electron chi connectivity index (χ3n) is 2.43. The van der Waals surface area contributed by atoms with Crippen molar-refractivity contribution >= 4 is 0 Å². The molecule has 0 fully saturated rings. The van der Waals surface area contributed by atoms with Crippen molar-refractivity contribution in [2.24, 2.45) is 5.92 Å². The number of phenolic OH excluding ortho intramolecular Hbond substituents is 2. The first-order chi connectivity index (χ1) is 6.91. The van der Waals surface area contributed by atoms with Crippen LogP contribution in [0.3, 0.4) is 0 Å². The van der Waals surface area contributed by atoms with E-state index in [1.54, 1.807) is 6.07 Å². The summed E-state index contributed by atoms with van der Waals surface area (Å²) in [5, 5.41) is 19.2. The molecule has 2 nitrogen and oxygen atoms in total. The van der Waals surface area contributed by atoms with Crippen molar-refractivity contribution < 1.29 is 10.2 Å². The molecule has 0 atom stereocenters. The Kier molecular flexibility index (Phi) is 3.61. The summed E-state index contributed by atoms with van der Waals surface area (Å²) < 4.78 is 0. The van der Waals surface area contributed by atoms with Crippen molar-refractivity contribution in [1.29, 1.82) is 0 Å². The van der Waals surface area contributed by atoms with Gasteiger partial charge in [0.1, 0.15) is 11.5 Å². The van der Waals surface area contributed by atoms with Gasteiger partial charge in [0.2, 0.25) is 0 Å². The summed E-state index contributed by atoms with van der Waals surface area (Å²) in [6, 6.07) is 3.17. The molecule has 2 N–H and O–H groups in total. The lowest BCUT2D eigenvalue weighted by atomic mass is 9.91. The molecule has 0 heterocycles. The van der Waals surface area contributed by atoms with Gasteiger partial charge >= 0.3 is 0 Å². The van der Waals surface area contributed by atoms with Crippen LogP contribution in [0.4, 0.5) is 0 Å². The van der Waals surface area contributed by atoms with Crippen LogP contribution in [0.1, 0.15) is 44.7 Å². The van der Waals surface area contributed by atoms with E-state index < -0.39 is 0 Å². The van der Waals surface area contributed by atoms with Crippen LogP contribution in [-0.2, 0) is 6.42 Å². The smallest absolute Gasteiger partial charge is 0.122 e. The Morgan fingerprint density at radius 2 is 1.67 bits per heavy atom. The number of hydrogen-bond donors (Lipinski definition) is 2. The lowest BCUT2D eigenvalue weighted by molar-refractivity contribution is 0.440. The van der Waals surface area contributed by atoms with E-state index in [1.165, 1.54) is 6.07 Å². The minimum absolute atomic E-state index is 0.146. The van der Waals surface area contributed by atoms with Crippen LogP contribution in [0.2, 0.25) is 0 Å². The summed E-state index contributed by atoms with van der Waals surface area (Å²) in [5.41, 5.74) is 2.01. The largest absolute Gasteiger partial charge is 0.508 e. The highest BCUT2D eigenvalue weighted by Crippen LogP contribution is 2.34. The van der Waals surface area contributed by atoms with E-state index in [-0.39, 0.29) is 17.4 Å². The fourth-order valence-corrected chi connectivity index (χ4v) is 1.96. The topological polar surface area (TPSA) is 40.5 Å². The summed E-state index contributed by atoms with van der Waals surface area (Å²) >= 11 is 0. The number of rotatable bonds is 3. The number of benzene rings is 1. The van der Waals surface area contributed by atoms with E-state index in [4.69, 9.17) is 0 Å². The van der Waals surface area contributed by atoms with Crippen molar-refractivity contribution in [2.75, 3.05) is 0 Å². The Balaban J connectivity index is 3.20. The van der Waals surface area contributed by atoms with Crippen molar-refractivity contribution in [2.45, 2.75) is 40.0 Å². The molecule has 0 radical (unpaired) electrons. The van der Waals surface area contributed by atoms with Crippen molar-refractivity contribution in [3.63, 3.8) is 0 Å². The molecule has 0 spiro atoms. The molecule has 0 unspecified atom stereocenters. The third kappa shape index (κ3) is 2.88. The average molecular weight is 208 g/mol. The molecule has 0 aliphatic carbocycles. The van der Waals surface area contributed by atoms with Crippen molar-refractivity contribution in [3.8, 4) is 11.5 Å². The first-order valence-electron chi connectivity index (χ1n) is 5.46. The Morgan fingerprint density at radius 3 is 2.13 bits per heavy atom. The summed E-state index contributed by atoms with van der Waals surface area (Å²) in [6.07, 6.45) is 0.884. The molecular formula is C13H20O2. The van der Waals surface area contributed by atoms with Crippen LogP contribution >= 0.6 is 0 Å². The summed E-state index contributed by atoms with van der Waals surface area (Å²) in [5.74, 6) is 1.15. The Hall–Kier alpha value is -1.18. The number of aromatic hydroxyl groups is 2. The molecule has 1 aromatic carbocycles. The highest BCUT2D eigenvalue weighted by molar-refractivity contribution is 5.47. The van der Waals surface area contributed by atoms with E-state index in [0.717, 1.165) is 17.5 Å². The van der Waals surface area contributed by atoms with Gasteiger partial charge < -0.3 is 10.2 Å². The molecule has 2 heteroatoms. The molecule has 0 saturated carbocycles. The molecule has 15 heavy (non-hydrogen) atoms. The second-order valence-corrected chi connectivity index (χ2v) is 4.79. The second kappa shape index (κ2) is 4.56. The summed E-state index contributed by atoms with van der Waals surface area (Å²) in [6.45, 7) is 8.36. The van der Waals surface area contributed by atoms with Gasteiger partial charge in [-0.3, -0.25) is 0 Å². The van der Waals surface area contributed by atoms with E-state index in [0.29, 0.717) is 5.92 Å². The molecule has 84 valence electrons. The fourth-order valence-electron chi connectivity index (χ4n) is 1.96. The Bertz CT molecular complexity index is 341. The standard InChI is InChI=1S/C13H20O2/c1-8(2)5-10-6-11(14)7-12(15)13(10)9(3)4/h6-9,14-15H,5H2,1-4H3. The van der Waals surface area contributed by atoms with Gasteiger partial charge in [0.15, 0.2) is 0 Å². The SMILES string of the molecule is CC(C)Cc1cc(O)cc(O)c1C(C)C. The first-order valence-corrected chi connectivity index (χ1v) is 5.46. The van der Waals surface area contributed by atoms with Gasteiger partial charge in [0.05, 0.1) is 0 Å². The van der Waals surface area contributed by atoms with Gasteiger partial charge in [-0.05, 0) is 35.4 Å². The van der Waals surface area contributed by atoms with Gasteiger partial charge in [-0.2, -0.15) is 0 Å². The average Bonchev–Trinajstić information content (AvgIpc) is 1.99. The fraction of sp³-hybridized carbons (Fsp3) is 0.538. The molecule has 1 rings (SSSR count). The maximum absolute atomic E-state index is 9.80. The van der Waals surface area contributed by atoms with Gasteiger partial charge in [0, 0.05) is 6.07 Å². The van der Waals surface area contributed by atoms with Crippen LogP contribution in [0.5, 0.6) is 11.5 Å². The molecule has 0 aromatic heterocycles. The van der Waals surface area contributed by atoms with Crippen LogP contribution in [-0.4, -0.2) is 10.2 Å². The van der Waals surface area contributed by atoms with Gasteiger partial charge in [-0.1, -0.05) is 27.7 Å². The Labute approximate surface area is 91.6 Å². The van der Waals surface area contributed by atoms with E-state index in [2.05, 4.69) is 27.7 Å². The van der Waals surface area contributed by atoms with Gasteiger partial charge in [-0.25, -0.2) is 0 Å². The molecular weight excluding hydrogens is 188 g/mol. The maximum atomic E-state index is 9.80. The van der Waals surface area contributed by atoms with E-state index >= 15 is 0 Å². The Morgan fingerprint density at radius 1 is 1.07 bits per heavy atom. The predicted molar refractivity (Wildman–Crippen MR) is 62.4 cm³/mol. The molecule has 0 aliphatic rings. The van der Waals surface area contributed by atoms with E-state index in [9.17, 15) is 10.2 Å². The van der Waals surface area contributed by atoms with Crippen molar-refractivity contribution in [3.05, 3.63) is 23.3 Å². The number of hydrogen-bond acceptors (Lipinski definition) is 2. The van der Waals surface area contributed by atoms with Crippen LogP contribution in [0.15, 0.2) is 12.1 Å². The molecule has 0 amide bonds. The predicted octanol–water partition coefficient (Wildman–Crippen LogP) is 3.42. The third-order valence-corrected chi connectivity index (χ3v) is 2.43. The second-order valence-electron chi connectivity index (χ2n) is 4.79. The highest BCUT2D eigenvalue weighted by atomic mass is 16.3. The van der Waals surface area contributed by atoms with Crippen LogP contribution < -0.4 is 0 Å². The molecule has 1 aromatic rings. The zero-order valence-electron chi connectivity index (χ0n) is 9.91. The minimum atomic E-state index is 0.146. The highest BCUT2D eigenvalue weighted by Gasteiger charge is 2.14. The zero-order chi connectivity index (χ0) is 11.6. The first kappa shape index (κ1) is 11.9. The molecule has 0 saturated heterocycles. The molecule has 0 bridgehead atoms.